The Kier molecular flexibility index (Phi) is 6.28. The minimum absolute atomic E-state index is 0.0518. The maximum atomic E-state index is 13.0. The molecule has 1 N–H and O–H groups in total. The van der Waals surface area contributed by atoms with Crippen LogP contribution < -0.4 is 5.43 Å². The van der Waals surface area contributed by atoms with Crippen LogP contribution in [0.2, 0.25) is 0 Å². The van der Waals surface area contributed by atoms with Crippen LogP contribution >= 0.6 is 11.8 Å². The summed E-state index contributed by atoms with van der Waals surface area (Å²) in [6.45, 7) is 0. The van der Waals surface area contributed by atoms with Crippen molar-refractivity contribution in [3.8, 4) is 11.5 Å². The van der Waals surface area contributed by atoms with E-state index >= 15 is 0 Å². The number of nitro benzene ring substituents is 1. The number of thioether (sulfide) groups is 1. The summed E-state index contributed by atoms with van der Waals surface area (Å²) in [6, 6.07) is 17.8. The number of rotatable bonds is 7. The first-order chi connectivity index (χ1) is 15.6. The molecule has 11 heteroatoms. The van der Waals surface area contributed by atoms with Gasteiger partial charge in [0.25, 0.3) is 10.9 Å². The topological polar surface area (TPSA) is 136 Å². The van der Waals surface area contributed by atoms with E-state index in [9.17, 15) is 14.9 Å². The van der Waals surface area contributed by atoms with Gasteiger partial charge >= 0.3 is 0 Å². The van der Waals surface area contributed by atoms with Gasteiger partial charge in [0, 0.05) is 30.1 Å². The van der Waals surface area contributed by atoms with Crippen LogP contribution in [0, 0.1) is 10.1 Å². The number of carbonyl (C=O) groups is 1. The predicted octanol–water partition coefficient (Wildman–Crippen LogP) is 4.44. The lowest BCUT2D eigenvalue weighted by atomic mass is 10.1. The van der Waals surface area contributed by atoms with Crippen LogP contribution in [0.15, 0.2) is 93.9 Å². The zero-order valence-corrected chi connectivity index (χ0v) is 17.1. The molecule has 2 aromatic carbocycles. The number of nitrogens with one attached hydrogen (secondary N) is 1. The van der Waals surface area contributed by atoms with E-state index in [0.717, 1.165) is 11.8 Å². The molecule has 2 aromatic heterocycles. The van der Waals surface area contributed by atoms with Crippen LogP contribution in [0.5, 0.6) is 0 Å². The number of aromatic nitrogens is 3. The van der Waals surface area contributed by atoms with Crippen molar-refractivity contribution < 1.29 is 14.1 Å². The van der Waals surface area contributed by atoms with Crippen molar-refractivity contribution in [1.29, 1.82) is 0 Å². The zero-order chi connectivity index (χ0) is 22.3. The number of hydrogen-bond acceptors (Lipinski definition) is 10. The van der Waals surface area contributed by atoms with E-state index in [1.807, 2.05) is 0 Å². The highest BCUT2D eigenvalue weighted by molar-refractivity contribution is 8.15. The maximum absolute atomic E-state index is 13.0. The number of pyridine rings is 1. The van der Waals surface area contributed by atoms with Gasteiger partial charge in [0.2, 0.25) is 11.7 Å². The standard InChI is InChI=1S/C21H14N6O4S/c28-18(14-5-2-1-3-6-14)20(25-23-16-8-10-17(11-9-16)27(29)30)32-21-26-24-19(31-21)15-7-4-12-22-13-15/h1-13,23H. The van der Waals surface area contributed by atoms with Gasteiger partial charge in [0.1, 0.15) is 0 Å². The van der Waals surface area contributed by atoms with Crippen molar-refractivity contribution in [2.45, 2.75) is 5.22 Å². The van der Waals surface area contributed by atoms with Crippen LogP contribution in [0.3, 0.4) is 0 Å². The Morgan fingerprint density at radius 1 is 1.03 bits per heavy atom. The van der Waals surface area contributed by atoms with Crippen molar-refractivity contribution >= 4 is 34.0 Å². The molecule has 10 nitrogen and oxygen atoms in total. The van der Waals surface area contributed by atoms with Gasteiger partial charge < -0.3 is 4.42 Å². The zero-order valence-electron chi connectivity index (χ0n) is 16.3. The smallest absolute Gasteiger partial charge is 0.283 e. The molecule has 32 heavy (non-hydrogen) atoms. The van der Waals surface area contributed by atoms with Crippen molar-refractivity contribution in [3.63, 3.8) is 0 Å². The molecule has 0 aliphatic heterocycles. The second-order valence-corrected chi connectivity index (χ2v) is 7.18. The fourth-order valence-electron chi connectivity index (χ4n) is 2.55. The Morgan fingerprint density at radius 2 is 1.81 bits per heavy atom. The van der Waals surface area contributed by atoms with E-state index in [4.69, 9.17) is 4.42 Å². The molecule has 0 bridgehead atoms. The minimum atomic E-state index is -0.497. The third-order valence-electron chi connectivity index (χ3n) is 4.09. The second kappa shape index (κ2) is 9.62. The number of anilines is 1. The Balaban J connectivity index is 1.59. The Bertz CT molecular complexity index is 1260. The minimum Gasteiger partial charge on any atom is -0.411 e. The summed E-state index contributed by atoms with van der Waals surface area (Å²) in [5.41, 5.74) is 4.23. The van der Waals surface area contributed by atoms with E-state index < -0.39 is 4.92 Å². The molecule has 0 aliphatic carbocycles. The molecule has 0 saturated carbocycles. The summed E-state index contributed by atoms with van der Waals surface area (Å²) < 4.78 is 5.65. The Hall–Kier alpha value is -4.38. The average molecular weight is 446 g/mol. The van der Waals surface area contributed by atoms with Gasteiger partial charge in [-0.25, -0.2) is 0 Å². The first kappa shape index (κ1) is 20.9. The summed E-state index contributed by atoms with van der Waals surface area (Å²) in [4.78, 5) is 27.3. The molecule has 0 fully saturated rings. The van der Waals surface area contributed by atoms with Gasteiger partial charge in [0.05, 0.1) is 16.2 Å². The van der Waals surface area contributed by atoms with Gasteiger partial charge in [-0.1, -0.05) is 30.3 Å². The Labute approximate surface area is 185 Å². The third kappa shape index (κ3) is 5.02. The molecule has 0 radical (unpaired) electrons. The Morgan fingerprint density at radius 3 is 2.50 bits per heavy atom. The molecule has 0 spiro atoms. The summed E-state index contributed by atoms with van der Waals surface area (Å²) >= 11 is 0.903. The highest BCUT2D eigenvalue weighted by Crippen LogP contribution is 2.25. The van der Waals surface area contributed by atoms with Gasteiger partial charge in [-0.2, -0.15) is 5.10 Å². The van der Waals surface area contributed by atoms with Crippen molar-refractivity contribution in [1.82, 2.24) is 15.2 Å². The molecule has 2 heterocycles. The van der Waals surface area contributed by atoms with E-state index in [2.05, 4.69) is 25.7 Å². The average Bonchev–Trinajstić information content (AvgIpc) is 3.31. The molecule has 0 unspecified atom stereocenters. The number of nitrogens with zero attached hydrogens (tertiary/aromatic N) is 5. The number of hydrazone groups is 1. The van der Waals surface area contributed by atoms with Crippen LogP contribution in [-0.2, 0) is 0 Å². The normalized spacial score (nSPS) is 11.2. The van der Waals surface area contributed by atoms with Crippen LogP contribution in [0.4, 0.5) is 11.4 Å². The SMILES string of the molecule is O=C(C(=NNc1ccc([N+](=O)[O-])cc1)Sc1nnc(-c2cccnc2)o1)c1ccccc1. The molecule has 158 valence electrons. The van der Waals surface area contributed by atoms with Crippen molar-refractivity contribution in [2.24, 2.45) is 5.10 Å². The van der Waals surface area contributed by atoms with E-state index in [1.165, 1.54) is 24.3 Å². The van der Waals surface area contributed by atoms with E-state index in [0.29, 0.717) is 16.8 Å². The van der Waals surface area contributed by atoms with Crippen LogP contribution in [0.1, 0.15) is 10.4 Å². The monoisotopic (exact) mass is 446 g/mol. The molecular formula is C21H14N6O4S. The number of benzene rings is 2. The number of Topliss-reactive ketones (excluding diaryl/α,β-unsaturated/α-hetero) is 1. The second-order valence-electron chi connectivity index (χ2n) is 6.24. The lowest BCUT2D eigenvalue weighted by Crippen LogP contribution is -2.13. The summed E-state index contributed by atoms with van der Waals surface area (Å²) in [6.07, 6.45) is 3.21. The van der Waals surface area contributed by atoms with Gasteiger partial charge in [-0.15, -0.1) is 10.2 Å². The predicted molar refractivity (Wildman–Crippen MR) is 118 cm³/mol. The number of carbonyl (C=O) groups excluding carboxylic acids is 1. The molecule has 0 atom stereocenters. The van der Waals surface area contributed by atoms with E-state index in [1.54, 1.807) is 54.9 Å². The van der Waals surface area contributed by atoms with Crippen molar-refractivity contribution in [2.75, 3.05) is 5.43 Å². The number of non-ortho nitro benzene ring substituents is 1. The molecular weight excluding hydrogens is 432 g/mol. The fourth-order valence-corrected chi connectivity index (χ4v) is 3.22. The van der Waals surface area contributed by atoms with E-state index in [-0.39, 0.29) is 27.6 Å². The van der Waals surface area contributed by atoms with Gasteiger partial charge in [-0.3, -0.25) is 25.3 Å². The number of hydrogen-bond donors (Lipinski definition) is 1. The van der Waals surface area contributed by atoms with Gasteiger partial charge in [-0.05, 0) is 36.0 Å². The largest absolute Gasteiger partial charge is 0.411 e. The molecule has 0 saturated heterocycles. The van der Waals surface area contributed by atoms with Crippen molar-refractivity contribution in [3.05, 3.63) is 94.8 Å². The van der Waals surface area contributed by atoms with Crippen LogP contribution in [0.25, 0.3) is 11.5 Å². The summed E-state index contributed by atoms with van der Waals surface area (Å²) in [7, 11) is 0. The highest BCUT2D eigenvalue weighted by atomic mass is 32.2. The quantitative estimate of drug-likeness (QED) is 0.109. The molecule has 4 aromatic rings. The third-order valence-corrected chi connectivity index (χ3v) is 4.90. The molecule has 0 aliphatic rings. The molecule has 0 amide bonds. The lowest BCUT2D eigenvalue weighted by Gasteiger charge is -2.05. The summed E-state index contributed by atoms with van der Waals surface area (Å²) in [5.74, 6) is -0.0958. The first-order valence-corrected chi connectivity index (χ1v) is 10.0. The maximum Gasteiger partial charge on any atom is 0.283 e. The fraction of sp³-hybridized carbons (Fsp3) is 0. The number of nitro groups is 1. The lowest BCUT2D eigenvalue weighted by molar-refractivity contribution is -0.384. The molecule has 4 rings (SSSR count). The highest BCUT2D eigenvalue weighted by Gasteiger charge is 2.20. The first-order valence-electron chi connectivity index (χ1n) is 9.20. The number of ketones is 1. The van der Waals surface area contributed by atoms with Gasteiger partial charge in [0.15, 0.2) is 5.04 Å². The summed E-state index contributed by atoms with van der Waals surface area (Å²) in [5, 5.41) is 23.1. The van der Waals surface area contributed by atoms with Crippen LogP contribution in [-0.4, -0.2) is 30.9 Å².